The number of aliphatic hydroxyl groups is 1. The Labute approximate surface area is 276 Å². The number of ketones is 3. The van der Waals surface area contributed by atoms with Crippen molar-refractivity contribution in [1.82, 2.24) is 5.32 Å². The van der Waals surface area contributed by atoms with Gasteiger partial charge in [-0.05, 0) is 19.9 Å². The molecule has 1 spiro atoms. The van der Waals surface area contributed by atoms with Crippen molar-refractivity contribution in [3.63, 3.8) is 0 Å². The van der Waals surface area contributed by atoms with E-state index in [0.29, 0.717) is 0 Å². The molecule has 2 aromatic rings. The van der Waals surface area contributed by atoms with Crippen LogP contribution in [0.1, 0.15) is 75.8 Å². The molecule has 2 aliphatic heterocycles. The van der Waals surface area contributed by atoms with Gasteiger partial charge in [0.25, 0.3) is 6.48 Å². The molecule has 49 heavy (non-hydrogen) atoms. The summed E-state index contributed by atoms with van der Waals surface area (Å²) in [6.07, 6.45) is -11.5. The highest BCUT2D eigenvalue weighted by Crippen LogP contribution is 2.54. The zero-order valence-corrected chi connectivity index (χ0v) is 26.3. The van der Waals surface area contributed by atoms with Crippen molar-refractivity contribution >= 4 is 23.3 Å². The zero-order valence-electron chi connectivity index (χ0n) is 26.3. The van der Waals surface area contributed by atoms with E-state index < -0.39 is 127 Å². The quantitative estimate of drug-likeness (QED) is 0.274. The van der Waals surface area contributed by atoms with Crippen LogP contribution in [-0.2, 0) is 39.7 Å². The van der Waals surface area contributed by atoms with Gasteiger partial charge in [0, 0.05) is 36.0 Å². The largest absolute Gasteiger partial charge is 0.507 e. The molecule has 0 bridgehead atoms. The molecule has 0 saturated carbocycles. The van der Waals surface area contributed by atoms with E-state index in [4.69, 9.17) is 28.4 Å². The van der Waals surface area contributed by atoms with Crippen LogP contribution in [0.15, 0.2) is 18.2 Å². The van der Waals surface area contributed by atoms with Gasteiger partial charge in [0.2, 0.25) is 5.78 Å². The van der Waals surface area contributed by atoms with Crippen LogP contribution < -0.4 is 10.1 Å². The molecule has 4 N–H and O–H groups in total. The fraction of sp³-hybridized carbons (Fsp3) is 0.500. The Morgan fingerprint density at radius 3 is 2.45 bits per heavy atom. The number of halogens is 3. The monoisotopic (exact) mass is 695 g/mol. The van der Waals surface area contributed by atoms with Gasteiger partial charge in [-0.15, -0.1) is 0 Å². The molecule has 0 radical (unpaired) electrons. The second kappa shape index (κ2) is 12.6. The lowest BCUT2D eigenvalue weighted by molar-refractivity contribution is -0.352. The number of benzene rings is 2. The summed E-state index contributed by atoms with van der Waals surface area (Å²) in [5.74, 6) is -6.06. The maximum absolute atomic E-state index is 13.9. The molecule has 0 aromatic heterocycles. The number of hydrogen-bond acceptors (Lipinski definition) is 13. The molecule has 4 aliphatic rings. The highest BCUT2D eigenvalue weighted by Gasteiger charge is 2.55. The van der Waals surface area contributed by atoms with Gasteiger partial charge in [-0.25, -0.2) is 0 Å². The van der Waals surface area contributed by atoms with Gasteiger partial charge >= 0.3 is 12.1 Å². The number of phenols is 2. The molecule has 2 unspecified atom stereocenters. The van der Waals surface area contributed by atoms with Crippen LogP contribution in [0.2, 0.25) is 0 Å². The number of fused-ring (bicyclic) bond motifs is 3. The number of hydrogen-bond donors (Lipinski definition) is 4. The number of carbonyl (C=O) groups excluding carboxylic acids is 4. The van der Waals surface area contributed by atoms with Gasteiger partial charge in [0.15, 0.2) is 17.9 Å². The predicted molar refractivity (Wildman–Crippen MR) is 155 cm³/mol. The number of methoxy groups -OCH3 is 1. The zero-order chi connectivity index (χ0) is 35.6. The summed E-state index contributed by atoms with van der Waals surface area (Å²) in [5.41, 5.74) is -3.60. The van der Waals surface area contributed by atoms with Gasteiger partial charge < -0.3 is 49.1 Å². The van der Waals surface area contributed by atoms with E-state index in [-0.39, 0.29) is 28.0 Å². The number of amides is 1. The van der Waals surface area contributed by atoms with Gasteiger partial charge in [-0.3, -0.25) is 19.2 Å². The molecular weight excluding hydrogens is 663 g/mol. The lowest BCUT2D eigenvalue weighted by Gasteiger charge is -2.46. The first-order valence-corrected chi connectivity index (χ1v) is 15.2. The molecule has 2 fully saturated rings. The second-order valence-electron chi connectivity index (χ2n) is 12.3. The summed E-state index contributed by atoms with van der Waals surface area (Å²) >= 11 is 0. The number of carbonyl (C=O) groups is 4. The third kappa shape index (κ3) is 6.04. The summed E-state index contributed by atoms with van der Waals surface area (Å²) < 4.78 is 73.0. The Morgan fingerprint density at radius 1 is 1.06 bits per heavy atom. The van der Waals surface area contributed by atoms with Crippen LogP contribution in [0.5, 0.6) is 17.2 Å². The predicted octanol–water partition coefficient (Wildman–Crippen LogP) is 2.10. The van der Waals surface area contributed by atoms with Crippen LogP contribution >= 0.6 is 0 Å². The topological polar surface area (TPSA) is 196 Å². The van der Waals surface area contributed by atoms with Crippen LogP contribution in [0.3, 0.4) is 0 Å². The van der Waals surface area contributed by atoms with E-state index in [2.05, 4.69) is 0 Å². The van der Waals surface area contributed by atoms with Crippen LogP contribution in [-0.4, -0.2) is 102 Å². The molecule has 2 aromatic carbocycles. The van der Waals surface area contributed by atoms with E-state index >= 15 is 0 Å². The Balaban J connectivity index is 1.45. The van der Waals surface area contributed by atoms with Crippen molar-refractivity contribution in [2.24, 2.45) is 0 Å². The summed E-state index contributed by atoms with van der Waals surface area (Å²) in [7, 11) is 1.28. The Kier molecular flexibility index (Phi) is 8.96. The minimum absolute atomic E-state index is 0.0309. The molecule has 2 saturated heterocycles. The average molecular weight is 696 g/mol. The van der Waals surface area contributed by atoms with Crippen LogP contribution in [0, 0.1) is 0 Å². The number of nitrogens with one attached hydrogen (secondary N) is 1. The highest BCUT2D eigenvalue weighted by atomic mass is 19.4. The maximum atomic E-state index is 13.9. The standard InChI is InChI=1S/C32H32F3NO13/c1-12(2)47-30-46-11-19(38)31(49-30)8-14-22(18(9-31)48-20-7-15(16(37)10-45-20)36-29(43)32(33,34)35)28(42)24-23(26(14)40)25(39)13-5-4-6-17(44-3)21(13)27(24)41/h4-6,12,15-16,18,20,30,37,40,42H,7-11H2,1-3H3,(H,36,43)/t15?,16-,18+,20+,30?,31+/m1/s1. The molecule has 2 aliphatic carbocycles. The number of rotatable bonds is 6. The van der Waals surface area contributed by atoms with Crippen LogP contribution in [0.25, 0.3) is 0 Å². The van der Waals surface area contributed by atoms with Gasteiger partial charge in [0.05, 0.1) is 54.8 Å². The first-order chi connectivity index (χ1) is 23.1. The third-order valence-electron chi connectivity index (χ3n) is 8.88. The van der Waals surface area contributed by atoms with Crippen molar-refractivity contribution in [3.8, 4) is 17.2 Å². The van der Waals surface area contributed by atoms with E-state index in [0.717, 1.165) is 0 Å². The molecule has 17 heteroatoms. The third-order valence-corrected chi connectivity index (χ3v) is 8.88. The normalized spacial score (nSPS) is 28.2. The average Bonchev–Trinajstić information content (AvgIpc) is 3.03. The number of aromatic hydroxyl groups is 2. The van der Waals surface area contributed by atoms with Crippen LogP contribution in [0.4, 0.5) is 13.2 Å². The molecule has 6 atom stereocenters. The van der Waals surface area contributed by atoms with E-state index in [1.807, 2.05) is 0 Å². The number of ether oxygens (including phenoxy) is 6. The summed E-state index contributed by atoms with van der Waals surface area (Å²) in [6, 6.07) is 2.78. The van der Waals surface area contributed by atoms with Gasteiger partial charge in [-0.2, -0.15) is 13.2 Å². The Bertz CT molecular complexity index is 1730. The number of aliphatic hydroxyl groups excluding tert-OH is 1. The maximum Gasteiger partial charge on any atom is 0.471 e. The molecule has 6 rings (SSSR count). The highest BCUT2D eigenvalue weighted by molar-refractivity contribution is 6.31. The fourth-order valence-corrected chi connectivity index (χ4v) is 6.61. The number of phenolic OH excluding ortho intramolecular Hbond substituents is 2. The van der Waals surface area contributed by atoms with E-state index in [1.54, 1.807) is 19.2 Å². The fourth-order valence-electron chi connectivity index (χ4n) is 6.61. The molecule has 2 heterocycles. The Morgan fingerprint density at radius 2 is 1.78 bits per heavy atom. The lowest BCUT2D eigenvalue weighted by atomic mass is 9.71. The van der Waals surface area contributed by atoms with Gasteiger partial charge in [-0.1, -0.05) is 12.1 Å². The van der Waals surface area contributed by atoms with Crippen molar-refractivity contribution in [3.05, 3.63) is 51.6 Å². The smallest absolute Gasteiger partial charge is 0.471 e. The lowest BCUT2D eigenvalue weighted by Crippen LogP contribution is -2.57. The van der Waals surface area contributed by atoms with Crippen molar-refractivity contribution in [1.29, 1.82) is 0 Å². The van der Waals surface area contributed by atoms with Crippen molar-refractivity contribution in [2.45, 2.75) is 82.0 Å². The minimum atomic E-state index is -5.24. The first-order valence-electron chi connectivity index (χ1n) is 15.2. The molecule has 14 nitrogen and oxygen atoms in total. The minimum Gasteiger partial charge on any atom is -0.507 e. The van der Waals surface area contributed by atoms with Crippen molar-refractivity contribution in [2.75, 3.05) is 20.3 Å². The summed E-state index contributed by atoms with van der Waals surface area (Å²) in [6.45, 7) is 0.938. The molecular formula is C32H32F3NO13. The number of alkyl halides is 3. The van der Waals surface area contributed by atoms with E-state index in [1.165, 1.54) is 25.3 Å². The number of Topliss-reactive ketones (excluding diaryl/α,β-unsaturated/α-hetero) is 1. The SMILES string of the molecule is COc1cccc2c1C(=O)c1c(O)c3c(c(O)c1C2=O)C[C@@]1(C[C@@H]3O[C@H]2CC(NC(=O)C(F)(F)F)[C@H](O)CO2)OC(OC(C)C)OCC1=O. The molecule has 264 valence electrons. The van der Waals surface area contributed by atoms with Gasteiger partial charge in [0.1, 0.15) is 29.5 Å². The molecule has 1 amide bonds. The van der Waals surface area contributed by atoms with E-state index in [9.17, 15) is 47.7 Å². The first kappa shape index (κ1) is 34.7. The Hall–Kier alpha value is -4.13. The summed E-state index contributed by atoms with van der Waals surface area (Å²) in [4.78, 5) is 52.9. The van der Waals surface area contributed by atoms with Crippen molar-refractivity contribution < 1.29 is 76.1 Å². The second-order valence-corrected chi connectivity index (χ2v) is 12.3. The summed E-state index contributed by atoms with van der Waals surface area (Å²) in [5, 5.41) is 35.5.